The molecule has 1 heterocycles. The Balaban J connectivity index is 2.41. The van der Waals surface area contributed by atoms with Crippen LogP contribution in [0.1, 0.15) is 20.3 Å². The molecule has 0 spiro atoms. The lowest BCUT2D eigenvalue weighted by molar-refractivity contribution is 0.0176. The van der Waals surface area contributed by atoms with Gasteiger partial charge in [0.1, 0.15) is 0 Å². The lowest BCUT2D eigenvalue weighted by Gasteiger charge is -2.32. The van der Waals surface area contributed by atoms with Crippen molar-refractivity contribution in [2.24, 2.45) is 5.92 Å². The maximum Gasteiger partial charge on any atom is 0.0746 e. The Morgan fingerprint density at radius 1 is 1.67 bits per heavy atom. The van der Waals surface area contributed by atoms with Crippen molar-refractivity contribution in [1.82, 2.24) is 5.32 Å². The molecule has 1 rings (SSSR count). The number of hydrogen-bond donors (Lipinski definition) is 2. The number of piperidine rings is 1. The first-order valence-electron chi connectivity index (χ1n) is 3.53. The van der Waals surface area contributed by atoms with Gasteiger partial charge in [-0.05, 0) is 25.8 Å². The Kier molecular flexibility index (Phi) is 1.78. The first kappa shape index (κ1) is 7.03. The predicted octanol–water partition coefficient (Wildman–Crippen LogP) is 0.367. The molecular weight excluding hydrogens is 114 g/mol. The molecule has 9 heavy (non-hydrogen) atoms. The zero-order valence-electron chi connectivity index (χ0n) is 6.15. The normalized spacial score (nSPS) is 45.0. The van der Waals surface area contributed by atoms with E-state index in [-0.39, 0.29) is 0 Å². The summed E-state index contributed by atoms with van der Waals surface area (Å²) in [5.74, 6) is 0.619. The standard InChI is InChI=1S/C7H15NO/c1-6-3-7(2,9)5-8-4-6/h6,8-9H,3-5H2,1-2H3. The molecule has 2 nitrogen and oxygen atoms in total. The van der Waals surface area contributed by atoms with Crippen molar-refractivity contribution in [1.29, 1.82) is 0 Å². The van der Waals surface area contributed by atoms with Gasteiger partial charge in [-0.3, -0.25) is 0 Å². The van der Waals surface area contributed by atoms with Crippen LogP contribution in [0.15, 0.2) is 0 Å². The van der Waals surface area contributed by atoms with E-state index in [4.69, 9.17) is 0 Å². The average molecular weight is 129 g/mol. The van der Waals surface area contributed by atoms with E-state index >= 15 is 0 Å². The summed E-state index contributed by atoms with van der Waals surface area (Å²) in [6.07, 6.45) is 0.931. The molecule has 54 valence electrons. The van der Waals surface area contributed by atoms with E-state index < -0.39 is 5.60 Å². The fraction of sp³-hybridized carbons (Fsp3) is 1.00. The fourth-order valence-electron chi connectivity index (χ4n) is 1.48. The van der Waals surface area contributed by atoms with E-state index in [2.05, 4.69) is 12.2 Å². The number of β-amino-alcohol motifs (C(OH)–C–C–N with tert-alkyl or cyclic N) is 1. The van der Waals surface area contributed by atoms with Gasteiger partial charge >= 0.3 is 0 Å². The summed E-state index contributed by atoms with van der Waals surface area (Å²) in [6.45, 7) is 5.84. The molecule has 1 fully saturated rings. The monoisotopic (exact) mass is 129 g/mol. The smallest absolute Gasteiger partial charge is 0.0746 e. The minimum Gasteiger partial charge on any atom is -0.389 e. The lowest BCUT2D eigenvalue weighted by atomic mass is 9.89. The van der Waals surface area contributed by atoms with Gasteiger partial charge in [-0.2, -0.15) is 0 Å². The molecule has 0 radical (unpaired) electrons. The Bertz CT molecular complexity index is 101. The van der Waals surface area contributed by atoms with Crippen LogP contribution in [0.2, 0.25) is 0 Å². The first-order chi connectivity index (χ1) is 4.10. The topological polar surface area (TPSA) is 32.3 Å². The number of rotatable bonds is 0. The van der Waals surface area contributed by atoms with E-state index in [1.165, 1.54) is 0 Å². The largest absolute Gasteiger partial charge is 0.389 e. The maximum atomic E-state index is 9.48. The van der Waals surface area contributed by atoms with Gasteiger partial charge in [0, 0.05) is 6.54 Å². The molecule has 0 aromatic heterocycles. The SMILES string of the molecule is CC1CNCC(C)(O)C1. The van der Waals surface area contributed by atoms with Gasteiger partial charge in [0.25, 0.3) is 0 Å². The molecule has 2 unspecified atom stereocenters. The minimum atomic E-state index is -0.461. The van der Waals surface area contributed by atoms with Crippen LogP contribution < -0.4 is 5.32 Å². The molecule has 0 aromatic rings. The van der Waals surface area contributed by atoms with Crippen LogP contribution in [-0.2, 0) is 0 Å². The van der Waals surface area contributed by atoms with Crippen molar-refractivity contribution in [2.45, 2.75) is 25.9 Å². The van der Waals surface area contributed by atoms with Gasteiger partial charge in [0.15, 0.2) is 0 Å². The quantitative estimate of drug-likeness (QED) is 0.495. The molecule has 0 saturated carbocycles. The number of hydrogen-bond acceptors (Lipinski definition) is 2. The zero-order chi connectivity index (χ0) is 6.91. The van der Waals surface area contributed by atoms with Crippen molar-refractivity contribution in [3.63, 3.8) is 0 Å². The van der Waals surface area contributed by atoms with Crippen LogP contribution in [0, 0.1) is 5.92 Å². The van der Waals surface area contributed by atoms with Crippen molar-refractivity contribution < 1.29 is 5.11 Å². The second-order valence-corrected chi connectivity index (χ2v) is 3.44. The molecule has 0 bridgehead atoms. The van der Waals surface area contributed by atoms with E-state index in [0.717, 1.165) is 19.5 Å². The summed E-state index contributed by atoms with van der Waals surface area (Å²) in [7, 11) is 0. The van der Waals surface area contributed by atoms with Gasteiger partial charge in [-0.15, -0.1) is 0 Å². The average Bonchev–Trinajstić information content (AvgIpc) is 1.60. The van der Waals surface area contributed by atoms with E-state index in [0.29, 0.717) is 5.92 Å². The molecular formula is C7H15NO. The highest BCUT2D eigenvalue weighted by atomic mass is 16.3. The summed E-state index contributed by atoms with van der Waals surface area (Å²) in [6, 6.07) is 0. The molecule has 2 atom stereocenters. The summed E-state index contributed by atoms with van der Waals surface area (Å²) < 4.78 is 0. The van der Waals surface area contributed by atoms with Crippen LogP contribution in [-0.4, -0.2) is 23.8 Å². The van der Waals surface area contributed by atoms with E-state index in [1.807, 2.05) is 6.92 Å². The molecule has 0 aromatic carbocycles. The summed E-state index contributed by atoms with van der Waals surface area (Å²) in [5.41, 5.74) is -0.461. The Morgan fingerprint density at radius 2 is 2.33 bits per heavy atom. The molecule has 1 aliphatic heterocycles. The Labute approximate surface area is 56.3 Å². The Hall–Kier alpha value is -0.0800. The van der Waals surface area contributed by atoms with Crippen molar-refractivity contribution in [3.05, 3.63) is 0 Å². The highest BCUT2D eigenvalue weighted by Crippen LogP contribution is 2.18. The molecule has 0 amide bonds. The third-order valence-electron chi connectivity index (χ3n) is 1.79. The van der Waals surface area contributed by atoms with Crippen molar-refractivity contribution >= 4 is 0 Å². The third kappa shape index (κ3) is 1.95. The molecule has 2 N–H and O–H groups in total. The van der Waals surface area contributed by atoms with Gasteiger partial charge in [0.05, 0.1) is 5.60 Å². The highest BCUT2D eigenvalue weighted by molar-refractivity contribution is 4.83. The highest BCUT2D eigenvalue weighted by Gasteiger charge is 2.26. The van der Waals surface area contributed by atoms with Gasteiger partial charge < -0.3 is 10.4 Å². The van der Waals surface area contributed by atoms with Crippen LogP contribution in [0.5, 0.6) is 0 Å². The lowest BCUT2D eigenvalue weighted by Crippen LogP contribution is -2.46. The second-order valence-electron chi connectivity index (χ2n) is 3.44. The van der Waals surface area contributed by atoms with Gasteiger partial charge in [0.2, 0.25) is 0 Å². The number of aliphatic hydroxyl groups is 1. The third-order valence-corrected chi connectivity index (χ3v) is 1.79. The molecule has 0 aliphatic carbocycles. The maximum absolute atomic E-state index is 9.48. The molecule has 1 saturated heterocycles. The van der Waals surface area contributed by atoms with Crippen LogP contribution in [0.25, 0.3) is 0 Å². The zero-order valence-corrected chi connectivity index (χ0v) is 6.15. The van der Waals surface area contributed by atoms with Crippen molar-refractivity contribution in [2.75, 3.05) is 13.1 Å². The number of nitrogens with one attached hydrogen (secondary N) is 1. The fourth-order valence-corrected chi connectivity index (χ4v) is 1.48. The van der Waals surface area contributed by atoms with Gasteiger partial charge in [-0.1, -0.05) is 6.92 Å². The van der Waals surface area contributed by atoms with Crippen LogP contribution in [0.4, 0.5) is 0 Å². The molecule has 2 heteroatoms. The summed E-state index contributed by atoms with van der Waals surface area (Å²) in [4.78, 5) is 0. The van der Waals surface area contributed by atoms with Crippen LogP contribution in [0.3, 0.4) is 0 Å². The van der Waals surface area contributed by atoms with Crippen molar-refractivity contribution in [3.8, 4) is 0 Å². The van der Waals surface area contributed by atoms with E-state index in [1.54, 1.807) is 0 Å². The van der Waals surface area contributed by atoms with Gasteiger partial charge in [-0.25, -0.2) is 0 Å². The summed E-state index contributed by atoms with van der Waals surface area (Å²) in [5, 5.41) is 12.7. The second kappa shape index (κ2) is 2.27. The minimum absolute atomic E-state index is 0.461. The van der Waals surface area contributed by atoms with Crippen LogP contribution >= 0.6 is 0 Å². The Morgan fingerprint density at radius 3 is 2.67 bits per heavy atom. The summed E-state index contributed by atoms with van der Waals surface area (Å²) >= 11 is 0. The van der Waals surface area contributed by atoms with E-state index in [9.17, 15) is 5.11 Å². The predicted molar refractivity (Wildman–Crippen MR) is 37.3 cm³/mol. The first-order valence-corrected chi connectivity index (χ1v) is 3.53. The molecule has 1 aliphatic rings.